The minimum Gasteiger partial charge on any atom is -0.493 e. The fourth-order valence-corrected chi connectivity index (χ4v) is 4.13. The number of rotatable bonds is 11. The van der Waals surface area contributed by atoms with Crippen LogP contribution in [0, 0.1) is 0 Å². The van der Waals surface area contributed by atoms with E-state index in [0.717, 1.165) is 0 Å². The Morgan fingerprint density at radius 3 is 2.36 bits per heavy atom. The number of amides is 2. The SMILES string of the molecule is CNS(=O)(=O)c1ccc(C(=O)Nc2cc(C(=O)OC)ccc2C(=O)Nc2ccc(Cl)cn2)c(OCCCN)c1. The zero-order valence-electron chi connectivity index (χ0n) is 21.0. The van der Waals surface area contributed by atoms with E-state index >= 15 is 0 Å². The van der Waals surface area contributed by atoms with Crippen LogP contribution in [0.1, 0.15) is 37.5 Å². The Morgan fingerprint density at radius 2 is 1.72 bits per heavy atom. The maximum Gasteiger partial charge on any atom is 0.337 e. The molecular weight excluding hydrogens is 550 g/mol. The number of nitrogens with zero attached hydrogens (tertiary/aromatic N) is 1. The number of methoxy groups -OCH3 is 1. The zero-order valence-corrected chi connectivity index (χ0v) is 22.6. The smallest absolute Gasteiger partial charge is 0.337 e. The number of hydrogen-bond acceptors (Lipinski definition) is 9. The number of halogens is 1. The molecule has 0 radical (unpaired) electrons. The van der Waals surface area contributed by atoms with Crippen molar-refractivity contribution in [1.29, 1.82) is 0 Å². The van der Waals surface area contributed by atoms with E-state index < -0.39 is 27.8 Å². The lowest BCUT2D eigenvalue weighted by Crippen LogP contribution is -2.21. The molecule has 206 valence electrons. The molecule has 0 atom stereocenters. The van der Waals surface area contributed by atoms with E-state index in [1.807, 2.05) is 0 Å². The fourth-order valence-electron chi connectivity index (χ4n) is 3.27. The van der Waals surface area contributed by atoms with Gasteiger partial charge in [-0.15, -0.1) is 0 Å². The first kappa shape index (κ1) is 29.5. The van der Waals surface area contributed by atoms with Crippen molar-refractivity contribution in [2.45, 2.75) is 11.3 Å². The van der Waals surface area contributed by atoms with Crippen LogP contribution < -0.4 is 25.8 Å². The van der Waals surface area contributed by atoms with E-state index in [4.69, 9.17) is 26.8 Å². The molecule has 0 aliphatic heterocycles. The standard InChI is InChI=1S/C25H26ClN5O7S/c1-28-39(35,36)17-6-8-19(21(13-17)38-11-3-10-27)24(33)30-20-12-15(25(34)37-2)4-7-18(20)23(32)31-22-9-5-16(26)14-29-22/h4-9,12-14,28H,3,10-11,27H2,1-2H3,(H,30,33)(H,29,31,32). The molecule has 3 rings (SSSR count). The molecule has 0 unspecified atom stereocenters. The van der Waals surface area contributed by atoms with Crippen LogP contribution >= 0.6 is 11.6 Å². The second-order valence-electron chi connectivity index (χ2n) is 7.88. The van der Waals surface area contributed by atoms with Crippen LogP contribution in [-0.4, -0.2) is 58.5 Å². The van der Waals surface area contributed by atoms with Gasteiger partial charge in [-0.1, -0.05) is 11.6 Å². The number of carbonyl (C=O) groups is 3. The van der Waals surface area contributed by atoms with E-state index in [1.165, 1.54) is 68.9 Å². The minimum atomic E-state index is -3.83. The molecule has 12 nitrogen and oxygen atoms in total. The van der Waals surface area contributed by atoms with Gasteiger partial charge in [0.05, 0.1) is 46.0 Å². The third-order valence-electron chi connectivity index (χ3n) is 5.29. The van der Waals surface area contributed by atoms with Crippen molar-refractivity contribution in [2.24, 2.45) is 5.73 Å². The van der Waals surface area contributed by atoms with E-state index in [0.29, 0.717) is 18.0 Å². The van der Waals surface area contributed by atoms with Gasteiger partial charge >= 0.3 is 5.97 Å². The maximum absolute atomic E-state index is 13.4. The molecule has 0 saturated heterocycles. The molecule has 39 heavy (non-hydrogen) atoms. The van der Waals surface area contributed by atoms with Gasteiger partial charge in [-0.2, -0.15) is 0 Å². The van der Waals surface area contributed by atoms with Crippen LogP contribution in [0.5, 0.6) is 5.75 Å². The highest BCUT2D eigenvalue weighted by Gasteiger charge is 2.22. The first-order valence-corrected chi connectivity index (χ1v) is 13.3. The van der Waals surface area contributed by atoms with E-state index in [9.17, 15) is 22.8 Å². The van der Waals surface area contributed by atoms with Crippen molar-refractivity contribution in [3.8, 4) is 5.75 Å². The second kappa shape index (κ2) is 13.2. The topological polar surface area (TPSA) is 179 Å². The van der Waals surface area contributed by atoms with Gasteiger partial charge in [0, 0.05) is 12.3 Å². The van der Waals surface area contributed by atoms with Crippen molar-refractivity contribution in [1.82, 2.24) is 9.71 Å². The van der Waals surface area contributed by atoms with Gasteiger partial charge in [-0.3, -0.25) is 9.59 Å². The lowest BCUT2D eigenvalue weighted by molar-refractivity contribution is 0.0600. The highest BCUT2D eigenvalue weighted by Crippen LogP contribution is 2.27. The number of sulfonamides is 1. The Balaban J connectivity index is 2.00. The first-order chi connectivity index (χ1) is 18.6. The van der Waals surface area contributed by atoms with Crippen LogP contribution in [0.3, 0.4) is 0 Å². The molecule has 1 heterocycles. The van der Waals surface area contributed by atoms with E-state index in [2.05, 4.69) is 20.3 Å². The molecule has 2 amide bonds. The highest BCUT2D eigenvalue weighted by molar-refractivity contribution is 7.89. The largest absolute Gasteiger partial charge is 0.493 e. The Labute approximate surface area is 229 Å². The number of hydrogen-bond donors (Lipinski definition) is 4. The van der Waals surface area contributed by atoms with Crippen LogP contribution in [0.2, 0.25) is 5.02 Å². The number of carbonyl (C=O) groups excluding carboxylic acids is 3. The maximum atomic E-state index is 13.4. The summed E-state index contributed by atoms with van der Waals surface area (Å²) in [6.07, 6.45) is 1.80. The quantitative estimate of drug-likeness (QED) is 0.197. The van der Waals surface area contributed by atoms with Gasteiger partial charge in [-0.05, 0) is 62.5 Å². The van der Waals surface area contributed by atoms with Crippen molar-refractivity contribution >= 4 is 50.9 Å². The lowest BCUT2D eigenvalue weighted by Gasteiger charge is -2.16. The summed E-state index contributed by atoms with van der Waals surface area (Å²) in [5.41, 5.74) is 5.56. The summed E-state index contributed by atoms with van der Waals surface area (Å²) in [7, 11) is -1.38. The molecule has 0 bridgehead atoms. The molecule has 0 aliphatic carbocycles. The molecule has 1 aromatic heterocycles. The Morgan fingerprint density at radius 1 is 1.00 bits per heavy atom. The average Bonchev–Trinajstić information content (AvgIpc) is 2.93. The Bertz CT molecular complexity index is 1480. The molecular formula is C25H26ClN5O7S. The van der Waals surface area contributed by atoms with Gasteiger partial charge in [0.15, 0.2) is 0 Å². The van der Waals surface area contributed by atoms with Crippen LogP contribution in [0.25, 0.3) is 0 Å². The average molecular weight is 576 g/mol. The lowest BCUT2D eigenvalue weighted by atomic mass is 10.1. The first-order valence-electron chi connectivity index (χ1n) is 11.5. The summed E-state index contributed by atoms with van der Waals surface area (Å²) < 4.78 is 37.2. The molecule has 0 aliphatic rings. The van der Waals surface area contributed by atoms with Crippen LogP contribution in [-0.2, 0) is 14.8 Å². The molecule has 0 fully saturated rings. The molecule has 0 spiro atoms. The van der Waals surface area contributed by atoms with E-state index in [-0.39, 0.29) is 45.4 Å². The molecule has 2 aromatic carbocycles. The number of aromatic nitrogens is 1. The predicted octanol–water partition coefficient (Wildman–Crippen LogP) is 2.66. The summed E-state index contributed by atoms with van der Waals surface area (Å²) in [5, 5.41) is 5.57. The normalized spacial score (nSPS) is 11.0. The molecule has 3 aromatic rings. The van der Waals surface area contributed by atoms with Gasteiger partial charge in [0.2, 0.25) is 10.0 Å². The number of nitrogens with two attached hydrogens (primary N) is 1. The summed E-state index contributed by atoms with van der Waals surface area (Å²) in [6, 6.07) is 10.7. The van der Waals surface area contributed by atoms with Gasteiger partial charge < -0.3 is 25.8 Å². The fraction of sp³-hybridized carbons (Fsp3) is 0.200. The third-order valence-corrected chi connectivity index (χ3v) is 6.92. The van der Waals surface area contributed by atoms with Crippen molar-refractivity contribution in [3.05, 3.63) is 76.4 Å². The van der Waals surface area contributed by atoms with E-state index in [1.54, 1.807) is 0 Å². The summed E-state index contributed by atoms with van der Waals surface area (Å²) in [4.78, 5) is 42.5. The Hall–Kier alpha value is -4.04. The number of anilines is 2. The number of ether oxygens (including phenoxy) is 2. The monoisotopic (exact) mass is 575 g/mol. The Kier molecular flexibility index (Phi) is 9.95. The van der Waals surface area contributed by atoms with Gasteiger partial charge in [-0.25, -0.2) is 22.9 Å². The van der Waals surface area contributed by atoms with Crippen molar-refractivity contribution in [3.63, 3.8) is 0 Å². The van der Waals surface area contributed by atoms with Gasteiger partial charge in [0.1, 0.15) is 11.6 Å². The van der Waals surface area contributed by atoms with Crippen LogP contribution in [0.15, 0.2) is 59.6 Å². The number of pyridine rings is 1. The second-order valence-corrected chi connectivity index (χ2v) is 10.2. The minimum absolute atomic E-state index is 0.00716. The third kappa shape index (κ3) is 7.51. The molecule has 5 N–H and O–H groups in total. The van der Waals surface area contributed by atoms with Crippen molar-refractivity contribution < 1.29 is 32.3 Å². The number of esters is 1. The summed E-state index contributed by atoms with van der Waals surface area (Å²) in [5.74, 6) is -1.86. The number of benzene rings is 2. The summed E-state index contributed by atoms with van der Waals surface area (Å²) in [6.45, 7) is 0.441. The van der Waals surface area contributed by atoms with Gasteiger partial charge in [0.25, 0.3) is 11.8 Å². The van der Waals surface area contributed by atoms with Crippen molar-refractivity contribution in [2.75, 3.05) is 37.9 Å². The molecule has 14 heteroatoms. The summed E-state index contributed by atoms with van der Waals surface area (Å²) >= 11 is 5.84. The van der Waals surface area contributed by atoms with Crippen LogP contribution in [0.4, 0.5) is 11.5 Å². The number of nitrogens with one attached hydrogen (secondary N) is 3. The molecule has 0 saturated carbocycles. The predicted molar refractivity (Wildman–Crippen MR) is 145 cm³/mol. The zero-order chi connectivity index (χ0) is 28.6. The highest BCUT2D eigenvalue weighted by atomic mass is 35.5.